The number of benzene rings is 1. The third-order valence-corrected chi connectivity index (χ3v) is 6.03. The number of rotatable bonds is 6. The first-order chi connectivity index (χ1) is 12.9. The zero-order chi connectivity index (χ0) is 19.4. The lowest BCUT2D eigenvalue weighted by Gasteiger charge is -2.42. The van der Waals surface area contributed by atoms with Gasteiger partial charge in [0.15, 0.2) is 5.60 Å². The number of carbonyl (C=O) groups is 1. The van der Waals surface area contributed by atoms with Crippen LogP contribution in [0, 0.1) is 5.82 Å². The Hall–Kier alpha value is -1.66. The van der Waals surface area contributed by atoms with Crippen LogP contribution in [0.1, 0.15) is 50.5 Å². The van der Waals surface area contributed by atoms with Crippen LogP contribution in [0.5, 0.6) is 5.75 Å². The van der Waals surface area contributed by atoms with Crippen molar-refractivity contribution < 1.29 is 19.0 Å². The van der Waals surface area contributed by atoms with E-state index in [2.05, 4.69) is 4.90 Å². The van der Waals surface area contributed by atoms with Crippen molar-refractivity contribution in [3.8, 4) is 5.75 Å². The Balaban J connectivity index is 1.69. The van der Waals surface area contributed by atoms with Gasteiger partial charge in [0.05, 0.1) is 7.11 Å². The van der Waals surface area contributed by atoms with E-state index >= 15 is 0 Å². The highest BCUT2D eigenvalue weighted by atomic mass is 19.1. The number of hydrogen-bond acceptors (Lipinski definition) is 4. The molecule has 0 radical (unpaired) electrons. The van der Waals surface area contributed by atoms with E-state index in [-0.39, 0.29) is 18.3 Å². The van der Waals surface area contributed by atoms with Gasteiger partial charge in [-0.3, -0.25) is 4.79 Å². The normalized spacial score (nSPS) is 24.5. The van der Waals surface area contributed by atoms with Gasteiger partial charge in [0.2, 0.25) is 0 Å². The lowest BCUT2D eigenvalue weighted by atomic mass is 9.88. The van der Waals surface area contributed by atoms with Gasteiger partial charge in [-0.25, -0.2) is 4.39 Å². The number of likely N-dealkylation sites (tertiary alicyclic amines) is 1. The maximum atomic E-state index is 14.2. The molecule has 0 spiro atoms. The van der Waals surface area contributed by atoms with Gasteiger partial charge in [0.25, 0.3) is 5.91 Å². The fraction of sp³-hybridized carbons (Fsp3) is 0.667. The summed E-state index contributed by atoms with van der Waals surface area (Å²) in [5, 5.41) is 11.1. The predicted octanol–water partition coefficient (Wildman–Crippen LogP) is 2.95. The smallest absolute Gasteiger partial charge is 0.256 e. The van der Waals surface area contributed by atoms with E-state index in [1.165, 1.54) is 32.4 Å². The third kappa shape index (κ3) is 4.61. The molecular formula is C21H31FN2O3. The van der Waals surface area contributed by atoms with E-state index < -0.39 is 5.60 Å². The first-order valence-corrected chi connectivity index (χ1v) is 9.97. The average molecular weight is 378 g/mol. The van der Waals surface area contributed by atoms with Crippen LogP contribution in [0.2, 0.25) is 0 Å². The number of ether oxygens (including phenoxy) is 1. The van der Waals surface area contributed by atoms with Crippen molar-refractivity contribution in [3.05, 3.63) is 29.6 Å². The Bertz CT molecular complexity index is 663. The van der Waals surface area contributed by atoms with Gasteiger partial charge in [-0.2, -0.15) is 0 Å². The molecule has 1 aromatic rings. The molecule has 6 heteroatoms. The summed E-state index contributed by atoms with van der Waals surface area (Å²) < 4.78 is 19.3. The largest absolute Gasteiger partial charge is 0.497 e. The minimum Gasteiger partial charge on any atom is -0.497 e. The molecule has 1 heterocycles. The van der Waals surface area contributed by atoms with Crippen molar-refractivity contribution in [3.63, 3.8) is 0 Å². The number of piperidine rings is 1. The van der Waals surface area contributed by atoms with Gasteiger partial charge in [0.1, 0.15) is 11.6 Å². The number of likely N-dealkylation sites (N-methyl/N-ethyl adjacent to an activating group) is 1. The van der Waals surface area contributed by atoms with Crippen LogP contribution in [-0.2, 0) is 11.3 Å². The van der Waals surface area contributed by atoms with Crippen molar-refractivity contribution in [2.75, 3.05) is 27.2 Å². The van der Waals surface area contributed by atoms with Crippen LogP contribution in [0.4, 0.5) is 4.39 Å². The second-order valence-corrected chi connectivity index (χ2v) is 8.03. The molecule has 27 heavy (non-hydrogen) atoms. The Kier molecular flexibility index (Phi) is 6.37. The number of aliphatic hydroxyl groups is 1. The van der Waals surface area contributed by atoms with E-state index in [9.17, 15) is 14.3 Å². The van der Waals surface area contributed by atoms with E-state index in [0.29, 0.717) is 43.3 Å². The summed E-state index contributed by atoms with van der Waals surface area (Å²) in [4.78, 5) is 16.8. The molecule has 0 aromatic heterocycles. The third-order valence-electron chi connectivity index (χ3n) is 6.03. The first kappa shape index (κ1) is 20.1. The van der Waals surface area contributed by atoms with Crippen LogP contribution in [0.15, 0.2) is 18.2 Å². The lowest BCUT2D eigenvalue weighted by molar-refractivity contribution is -0.160. The number of hydrogen-bond donors (Lipinski definition) is 1. The van der Waals surface area contributed by atoms with Crippen molar-refractivity contribution >= 4 is 5.91 Å². The Morgan fingerprint density at radius 3 is 2.74 bits per heavy atom. The van der Waals surface area contributed by atoms with Crippen molar-refractivity contribution in [2.24, 2.45) is 0 Å². The monoisotopic (exact) mass is 378 g/mol. The van der Waals surface area contributed by atoms with Gasteiger partial charge in [-0.05, 0) is 50.9 Å². The molecule has 1 aliphatic carbocycles. The highest BCUT2D eigenvalue weighted by Gasteiger charge is 2.43. The molecule has 1 saturated heterocycles. The molecule has 2 fully saturated rings. The second-order valence-electron chi connectivity index (χ2n) is 8.03. The van der Waals surface area contributed by atoms with Crippen molar-refractivity contribution in [2.45, 2.75) is 63.1 Å². The highest BCUT2D eigenvalue weighted by Crippen LogP contribution is 2.29. The minimum absolute atomic E-state index is 0.150. The van der Waals surface area contributed by atoms with Gasteiger partial charge >= 0.3 is 0 Å². The van der Waals surface area contributed by atoms with Crippen molar-refractivity contribution in [1.82, 2.24) is 9.80 Å². The summed E-state index contributed by atoms with van der Waals surface area (Å²) in [5.41, 5.74) is -0.979. The fourth-order valence-corrected chi connectivity index (χ4v) is 4.43. The second kappa shape index (κ2) is 8.57. The Morgan fingerprint density at radius 2 is 2.04 bits per heavy atom. The number of halogens is 1. The number of nitrogens with zero attached hydrogens (tertiary/aromatic N) is 2. The zero-order valence-electron chi connectivity index (χ0n) is 16.4. The summed E-state index contributed by atoms with van der Waals surface area (Å²) >= 11 is 0. The van der Waals surface area contributed by atoms with Gasteiger partial charge < -0.3 is 19.6 Å². The highest BCUT2D eigenvalue weighted by molar-refractivity contribution is 5.86. The molecule has 5 nitrogen and oxygen atoms in total. The molecule has 0 bridgehead atoms. The molecular weight excluding hydrogens is 347 g/mol. The lowest BCUT2D eigenvalue weighted by Crippen LogP contribution is -2.59. The topological polar surface area (TPSA) is 53.0 Å². The van der Waals surface area contributed by atoms with Gasteiger partial charge in [0, 0.05) is 31.2 Å². The molecule has 1 atom stereocenters. The summed E-state index contributed by atoms with van der Waals surface area (Å²) in [6, 6.07) is 4.96. The summed E-state index contributed by atoms with van der Waals surface area (Å²) in [5.74, 6) is -0.0983. The van der Waals surface area contributed by atoms with Crippen molar-refractivity contribution in [1.29, 1.82) is 0 Å². The summed E-state index contributed by atoms with van der Waals surface area (Å²) in [6.45, 7) is 1.02. The molecule has 0 unspecified atom stereocenters. The maximum Gasteiger partial charge on any atom is 0.256 e. The van der Waals surface area contributed by atoms with E-state index in [1.54, 1.807) is 17.0 Å². The van der Waals surface area contributed by atoms with E-state index in [1.807, 2.05) is 7.05 Å². The van der Waals surface area contributed by atoms with Crippen LogP contribution in [0.25, 0.3) is 0 Å². The summed E-state index contributed by atoms with van der Waals surface area (Å²) in [6.07, 6.45) is 7.12. The van der Waals surface area contributed by atoms with Gasteiger partial charge in [-0.1, -0.05) is 19.3 Å². The molecule has 1 amide bonds. The fourth-order valence-electron chi connectivity index (χ4n) is 4.43. The van der Waals surface area contributed by atoms with Crippen LogP contribution >= 0.6 is 0 Å². The molecule has 1 aliphatic heterocycles. The Morgan fingerprint density at radius 1 is 1.30 bits per heavy atom. The molecule has 1 aromatic carbocycles. The summed E-state index contributed by atoms with van der Waals surface area (Å²) in [7, 11) is 3.53. The maximum absolute atomic E-state index is 14.2. The predicted molar refractivity (Wildman–Crippen MR) is 102 cm³/mol. The standard InChI is InChI=1S/C21H31FN2O3/c1-23(17-7-4-3-5-8-17)15-21(26)11-6-12-24(20(21)25)14-16-13-18(27-2)9-10-19(16)22/h9-10,13,17,26H,3-8,11-12,14-15H2,1-2H3/t21-/m1/s1. The quantitative estimate of drug-likeness (QED) is 0.827. The van der Waals surface area contributed by atoms with Gasteiger partial charge in [-0.15, -0.1) is 0 Å². The molecule has 3 rings (SSSR count). The molecule has 1 N–H and O–H groups in total. The van der Waals surface area contributed by atoms with E-state index in [0.717, 1.165) is 12.8 Å². The van der Waals surface area contributed by atoms with Crippen LogP contribution in [-0.4, -0.2) is 59.7 Å². The molecule has 2 aliphatic rings. The van der Waals surface area contributed by atoms with E-state index in [4.69, 9.17) is 4.74 Å². The zero-order valence-corrected chi connectivity index (χ0v) is 16.4. The molecule has 150 valence electrons. The SMILES string of the molecule is COc1ccc(F)c(CN2CCC[C@@](O)(CN(C)C3CCCCC3)C2=O)c1. The van der Waals surface area contributed by atoms with Crippen LogP contribution < -0.4 is 4.74 Å². The Labute approximate surface area is 161 Å². The number of carbonyl (C=O) groups excluding carboxylic acids is 1. The average Bonchev–Trinajstić information content (AvgIpc) is 2.68. The minimum atomic E-state index is -1.39. The molecule has 1 saturated carbocycles. The number of amides is 1. The van der Waals surface area contributed by atoms with Crippen LogP contribution in [0.3, 0.4) is 0 Å². The first-order valence-electron chi connectivity index (χ1n) is 9.97. The number of methoxy groups -OCH3 is 1.